The fourth-order valence-corrected chi connectivity index (χ4v) is 2.79. The highest BCUT2D eigenvalue weighted by molar-refractivity contribution is 7.89. The summed E-state index contributed by atoms with van der Waals surface area (Å²) in [6.45, 7) is 2.01. The molecule has 98 valence electrons. The Hall–Kier alpha value is -0.180. The molecule has 0 radical (unpaired) electrons. The van der Waals surface area contributed by atoms with E-state index in [0.717, 1.165) is 12.8 Å². The van der Waals surface area contributed by atoms with Crippen LogP contribution in [0.15, 0.2) is 0 Å². The molecule has 0 unspecified atom stereocenters. The molecule has 0 aromatic rings. The first-order chi connectivity index (χ1) is 7.27. The zero-order chi connectivity index (χ0) is 12.7. The van der Waals surface area contributed by atoms with Gasteiger partial charge >= 0.3 is 0 Å². The summed E-state index contributed by atoms with van der Waals surface area (Å²) in [5, 5.41) is 0. The highest BCUT2D eigenvalue weighted by atomic mass is 32.2. The van der Waals surface area contributed by atoms with Gasteiger partial charge in [0.15, 0.2) is 0 Å². The SMILES string of the molecule is CCCCCS(=O)(=O)NCCCS(=O)(=O)O. The molecule has 0 aromatic carbocycles. The summed E-state index contributed by atoms with van der Waals surface area (Å²) in [5.41, 5.74) is 0. The molecule has 0 aliphatic heterocycles. The zero-order valence-electron chi connectivity index (χ0n) is 9.35. The first kappa shape index (κ1) is 15.8. The lowest BCUT2D eigenvalue weighted by Crippen LogP contribution is -2.28. The van der Waals surface area contributed by atoms with Crippen molar-refractivity contribution in [1.82, 2.24) is 4.72 Å². The van der Waals surface area contributed by atoms with E-state index in [1.54, 1.807) is 0 Å². The second kappa shape index (κ2) is 7.21. The van der Waals surface area contributed by atoms with E-state index >= 15 is 0 Å². The average molecular weight is 273 g/mol. The van der Waals surface area contributed by atoms with Crippen LogP contribution in [0.3, 0.4) is 0 Å². The minimum Gasteiger partial charge on any atom is -0.286 e. The van der Waals surface area contributed by atoms with Crippen LogP contribution in [-0.2, 0) is 20.1 Å². The van der Waals surface area contributed by atoms with Crippen molar-refractivity contribution >= 4 is 20.1 Å². The maximum Gasteiger partial charge on any atom is 0.264 e. The summed E-state index contributed by atoms with van der Waals surface area (Å²) < 4.78 is 54.0. The standard InChI is InChI=1S/C8H19NO5S2/c1-2-3-4-7-15(10,11)9-6-5-8-16(12,13)14/h9H,2-8H2,1H3,(H,12,13,14). The van der Waals surface area contributed by atoms with Gasteiger partial charge in [0.1, 0.15) is 0 Å². The molecular weight excluding hydrogens is 254 g/mol. The lowest BCUT2D eigenvalue weighted by molar-refractivity contribution is 0.480. The maximum absolute atomic E-state index is 11.3. The maximum atomic E-state index is 11.3. The van der Waals surface area contributed by atoms with Crippen molar-refractivity contribution < 1.29 is 21.4 Å². The van der Waals surface area contributed by atoms with Crippen LogP contribution in [0.2, 0.25) is 0 Å². The molecule has 0 fully saturated rings. The van der Waals surface area contributed by atoms with Gasteiger partial charge in [0.2, 0.25) is 10.0 Å². The summed E-state index contributed by atoms with van der Waals surface area (Å²) in [6.07, 6.45) is 2.47. The third-order valence-electron chi connectivity index (χ3n) is 1.92. The van der Waals surface area contributed by atoms with Crippen molar-refractivity contribution in [2.75, 3.05) is 18.1 Å². The molecule has 0 aliphatic rings. The van der Waals surface area contributed by atoms with E-state index < -0.39 is 25.9 Å². The lowest BCUT2D eigenvalue weighted by Gasteiger charge is -2.05. The molecule has 8 heteroatoms. The molecule has 0 saturated carbocycles. The van der Waals surface area contributed by atoms with Crippen LogP contribution >= 0.6 is 0 Å². The van der Waals surface area contributed by atoms with Crippen LogP contribution in [0.4, 0.5) is 0 Å². The highest BCUT2D eigenvalue weighted by Crippen LogP contribution is 1.98. The van der Waals surface area contributed by atoms with Gasteiger partial charge in [-0.05, 0) is 12.8 Å². The molecule has 0 saturated heterocycles. The highest BCUT2D eigenvalue weighted by Gasteiger charge is 2.10. The predicted molar refractivity (Wildman–Crippen MR) is 62.3 cm³/mol. The topological polar surface area (TPSA) is 101 Å². The van der Waals surface area contributed by atoms with Crippen LogP contribution < -0.4 is 4.72 Å². The van der Waals surface area contributed by atoms with Gasteiger partial charge in [-0.1, -0.05) is 19.8 Å². The largest absolute Gasteiger partial charge is 0.286 e. The molecular formula is C8H19NO5S2. The van der Waals surface area contributed by atoms with Crippen LogP contribution in [0.5, 0.6) is 0 Å². The van der Waals surface area contributed by atoms with Gasteiger partial charge in [-0.3, -0.25) is 4.55 Å². The first-order valence-corrected chi connectivity index (χ1v) is 8.45. The second-order valence-electron chi connectivity index (χ2n) is 3.56. The summed E-state index contributed by atoms with van der Waals surface area (Å²) in [7, 11) is -7.30. The molecule has 0 atom stereocenters. The Bertz CT molecular complexity index is 373. The normalized spacial score (nSPS) is 12.9. The van der Waals surface area contributed by atoms with Gasteiger partial charge < -0.3 is 0 Å². The number of hydrogen-bond acceptors (Lipinski definition) is 4. The third-order valence-corrected chi connectivity index (χ3v) is 4.19. The number of nitrogens with one attached hydrogen (secondary N) is 1. The fraction of sp³-hybridized carbons (Fsp3) is 1.00. The molecule has 2 N–H and O–H groups in total. The van der Waals surface area contributed by atoms with Gasteiger partial charge in [0.05, 0.1) is 11.5 Å². The lowest BCUT2D eigenvalue weighted by atomic mass is 10.3. The fourth-order valence-electron chi connectivity index (χ4n) is 1.10. The van der Waals surface area contributed by atoms with Gasteiger partial charge in [0.25, 0.3) is 10.1 Å². The van der Waals surface area contributed by atoms with E-state index in [1.165, 1.54) is 0 Å². The van der Waals surface area contributed by atoms with E-state index in [2.05, 4.69) is 4.72 Å². The smallest absolute Gasteiger partial charge is 0.264 e. The van der Waals surface area contributed by atoms with Crippen LogP contribution in [-0.4, -0.2) is 39.4 Å². The Morgan fingerprint density at radius 2 is 1.62 bits per heavy atom. The van der Waals surface area contributed by atoms with Gasteiger partial charge in [-0.25, -0.2) is 13.1 Å². The molecule has 0 aliphatic carbocycles. The summed E-state index contributed by atoms with van der Waals surface area (Å²) in [6, 6.07) is 0. The Morgan fingerprint density at radius 3 is 2.12 bits per heavy atom. The number of unbranched alkanes of at least 4 members (excludes halogenated alkanes) is 2. The Kier molecular flexibility index (Phi) is 7.12. The minimum atomic E-state index is -4.00. The van der Waals surface area contributed by atoms with Crippen molar-refractivity contribution in [3.63, 3.8) is 0 Å². The number of rotatable bonds is 9. The Balaban J connectivity index is 3.75. The molecule has 0 aromatic heterocycles. The third kappa shape index (κ3) is 10.3. The van der Waals surface area contributed by atoms with Crippen molar-refractivity contribution in [2.45, 2.75) is 32.6 Å². The molecule has 16 heavy (non-hydrogen) atoms. The second-order valence-corrected chi connectivity index (χ2v) is 7.06. The quantitative estimate of drug-likeness (QED) is 0.467. The average Bonchev–Trinajstić information content (AvgIpc) is 2.11. The van der Waals surface area contributed by atoms with Crippen LogP contribution in [0.1, 0.15) is 32.6 Å². The van der Waals surface area contributed by atoms with Gasteiger partial charge in [-0.15, -0.1) is 0 Å². The van der Waals surface area contributed by atoms with Crippen LogP contribution in [0, 0.1) is 0 Å². The predicted octanol–water partition coefficient (Wildman–Crippen LogP) is 0.374. The van der Waals surface area contributed by atoms with Crippen LogP contribution in [0.25, 0.3) is 0 Å². The Labute approximate surface area is 97.2 Å². The zero-order valence-corrected chi connectivity index (χ0v) is 11.0. The summed E-state index contributed by atoms with van der Waals surface area (Å²) >= 11 is 0. The molecule has 0 amide bonds. The Morgan fingerprint density at radius 1 is 1.00 bits per heavy atom. The number of hydrogen-bond donors (Lipinski definition) is 2. The molecule has 0 spiro atoms. The van der Waals surface area contributed by atoms with Crippen molar-refractivity contribution in [2.24, 2.45) is 0 Å². The van der Waals surface area contributed by atoms with E-state index in [1.807, 2.05) is 6.92 Å². The van der Waals surface area contributed by atoms with Gasteiger partial charge in [0, 0.05) is 6.54 Å². The van der Waals surface area contributed by atoms with E-state index in [4.69, 9.17) is 4.55 Å². The molecule has 0 bridgehead atoms. The molecule has 0 rings (SSSR count). The monoisotopic (exact) mass is 273 g/mol. The first-order valence-electron chi connectivity index (χ1n) is 5.19. The van der Waals surface area contributed by atoms with Gasteiger partial charge in [-0.2, -0.15) is 8.42 Å². The minimum absolute atomic E-state index is 0.0360. The summed E-state index contributed by atoms with van der Waals surface area (Å²) in [4.78, 5) is 0. The summed E-state index contributed by atoms with van der Waals surface area (Å²) in [5.74, 6) is -0.364. The van der Waals surface area contributed by atoms with Crippen molar-refractivity contribution in [3.05, 3.63) is 0 Å². The van der Waals surface area contributed by atoms with E-state index in [0.29, 0.717) is 6.42 Å². The van der Waals surface area contributed by atoms with E-state index in [9.17, 15) is 16.8 Å². The molecule has 6 nitrogen and oxygen atoms in total. The molecule has 0 heterocycles. The van der Waals surface area contributed by atoms with E-state index in [-0.39, 0.29) is 18.7 Å². The van der Waals surface area contributed by atoms with Crippen molar-refractivity contribution in [1.29, 1.82) is 0 Å². The van der Waals surface area contributed by atoms with Crippen molar-refractivity contribution in [3.8, 4) is 0 Å². The number of sulfonamides is 1.